The van der Waals surface area contributed by atoms with E-state index in [-0.39, 0.29) is 12.5 Å². The molecule has 17 heavy (non-hydrogen) atoms. The summed E-state index contributed by atoms with van der Waals surface area (Å²) in [5, 5.41) is 0. The lowest BCUT2D eigenvalue weighted by Crippen LogP contribution is -2.32. The Bertz CT molecular complexity index is 366. The van der Waals surface area contributed by atoms with Gasteiger partial charge in [0.25, 0.3) is 5.91 Å². The van der Waals surface area contributed by atoms with E-state index in [1.165, 1.54) is 0 Å². The molecule has 1 aromatic rings. The number of carbonyl (C=O) groups is 1. The largest absolute Gasteiger partial charge is 0.484 e. The number of hydrogen-bond acceptors (Lipinski definition) is 3. The van der Waals surface area contributed by atoms with Gasteiger partial charge in [-0.25, -0.2) is 0 Å². The molecule has 0 atom stereocenters. The molecule has 94 valence electrons. The maximum Gasteiger partial charge on any atom is 0.260 e. The molecule has 4 nitrogen and oxygen atoms in total. The minimum absolute atomic E-state index is 0.0131. The van der Waals surface area contributed by atoms with E-state index in [4.69, 9.17) is 10.5 Å². The first kappa shape index (κ1) is 13.4. The first-order valence-electron chi connectivity index (χ1n) is 5.85. The van der Waals surface area contributed by atoms with Gasteiger partial charge >= 0.3 is 0 Å². The third kappa shape index (κ3) is 4.76. The molecule has 1 aromatic carbocycles. The van der Waals surface area contributed by atoms with Gasteiger partial charge in [0, 0.05) is 25.3 Å². The van der Waals surface area contributed by atoms with Crippen molar-refractivity contribution in [2.45, 2.75) is 19.8 Å². The second-order valence-corrected chi connectivity index (χ2v) is 4.03. The molecular formula is C13H20N2O2. The zero-order chi connectivity index (χ0) is 12.7. The van der Waals surface area contributed by atoms with E-state index >= 15 is 0 Å². The van der Waals surface area contributed by atoms with Crippen LogP contribution in [-0.4, -0.2) is 31.0 Å². The van der Waals surface area contributed by atoms with Crippen LogP contribution in [0.1, 0.15) is 19.8 Å². The fraction of sp³-hybridized carbons (Fsp3) is 0.462. The van der Waals surface area contributed by atoms with Crippen molar-refractivity contribution in [3.05, 3.63) is 24.3 Å². The molecule has 1 amide bonds. The van der Waals surface area contributed by atoms with Crippen LogP contribution in [-0.2, 0) is 4.79 Å². The van der Waals surface area contributed by atoms with E-state index in [1.807, 2.05) is 0 Å². The predicted octanol–water partition coefficient (Wildman–Crippen LogP) is 1.91. The first-order valence-corrected chi connectivity index (χ1v) is 5.85. The van der Waals surface area contributed by atoms with Crippen molar-refractivity contribution in [1.29, 1.82) is 0 Å². The zero-order valence-electron chi connectivity index (χ0n) is 10.5. The highest BCUT2D eigenvalue weighted by Crippen LogP contribution is 2.14. The molecule has 0 fully saturated rings. The molecular weight excluding hydrogens is 216 g/mol. The lowest BCUT2D eigenvalue weighted by Gasteiger charge is -2.17. The smallest absolute Gasteiger partial charge is 0.260 e. The second kappa shape index (κ2) is 6.78. The molecule has 0 unspecified atom stereocenters. The first-order chi connectivity index (χ1) is 8.13. The number of unbranched alkanes of at least 4 members (excludes halogenated alkanes) is 1. The number of ether oxygens (including phenoxy) is 1. The summed E-state index contributed by atoms with van der Waals surface area (Å²) in [4.78, 5) is 13.4. The molecule has 0 aliphatic carbocycles. The summed E-state index contributed by atoms with van der Waals surface area (Å²) in [6, 6.07) is 7.08. The quantitative estimate of drug-likeness (QED) is 0.767. The Morgan fingerprint density at radius 1 is 1.47 bits per heavy atom. The summed E-state index contributed by atoms with van der Waals surface area (Å²) in [5.74, 6) is 0.614. The van der Waals surface area contributed by atoms with Crippen LogP contribution >= 0.6 is 0 Å². The van der Waals surface area contributed by atoms with Crippen LogP contribution in [0.3, 0.4) is 0 Å². The van der Waals surface area contributed by atoms with Gasteiger partial charge in [-0.15, -0.1) is 0 Å². The number of amides is 1. The molecule has 4 heteroatoms. The molecule has 0 aromatic heterocycles. The third-order valence-corrected chi connectivity index (χ3v) is 2.49. The highest BCUT2D eigenvalue weighted by atomic mass is 16.5. The van der Waals surface area contributed by atoms with Crippen LogP contribution in [0.25, 0.3) is 0 Å². The minimum Gasteiger partial charge on any atom is -0.484 e. The number of nitrogen functional groups attached to an aromatic ring is 1. The van der Waals surface area contributed by atoms with Crippen LogP contribution < -0.4 is 10.5 Å². The summed E-state index contributed by atoms with van der Waals surface area (Å²) in [5.41, 5.74) is 6.25. The Balaban J connectivity index is 2.37. The van der Waals surface area contributed by atoms with Crippen LogP contribution in [0.15, 0.2) is 24.3 Å². The van der Waals surface area contributed by atoms with Gasteiger partial charge in [0.15, 0.2) is 6.61 Å². The lowest BCUT2D eigenvalue weighted by molar-refractivity contribution is -0.132. The van der Waals surface area contributed by atoms with Gasteiger partial charge in [-0.1, -0.05) is 19.4 Å². The van der Waals surface area contributed by atoms with Gasteiger partial charge in [-0.3, -0.25) is 4.79 Å². The van der Waals surface area contributed by atoms with E-state index in [1.54, 1.807) is 36.2 Å². The molecule has 0 aliphatic heterocycles. The number of nitrogens with two attached hydrogens (primary N) is 1. The Hall–Kier alpha value is -1.71. The molecule has 0 saturated heterocycles. The summed E-state index contributed by atoms with van der Waals surface area (Å²) >= 11 is 0. The van der Waals surface area contributed by atoms with E-state index in [0.717, 1.165) is 19.4 Å². The van der Waals surface area contributed by atoms with Gasteiger partial charge in [0.1, 0.15) is 5.75 Å². The second-order valence-electron chi connectivity index (χ2n) is 4.03. The van der Waals surface area contributed by atoms with Crippen molar-refractivity contribution in [2.24, 2.45) is 0 Å². The number of hydrogen-bond donors (Lipinski definition) is 1. The van der Waals surface area contributed by atoms with Gasteiger partial charge in [-0.2, -0.15) is 0 Å². The molecule has 0 bridgehead atoms. The van der Waals surface area contributed by atoms with Gasteiger partial charge in [0.05, 0.1) is 0 Å². The summed E-state index contributed by atoms with van der Waals surface area (Å²) in [6.45, 7) is 2.93. The molecule has 0 spiro atoms. The van der Waals surface area contributed by atoms with Crippen molar-refractivity contribution in [3.8, 4) is 5.75 Å². The number of rotatable bonds is 6. The topological polar surface area (TPSA) is 55.6 Å². The average Bonchev–Trinajstić information content (AvgIpc) is 2.33. The fourth-order valence-electron chi connectivity index (χ4n) is 1.38. The summed E-state index contributed by atoms with van der Waals surface area (Å²) in [6.07, 6.45) is 2.09. The number of carbonyl (C=O) groups excluding carboxylic acids is 1. The Kier molecular flexibility index (Phi) is 5.33. The van der Waals surface area contributed by atoms with Gasteiger partial charge in [0.2, 0.25) is 0 Å². The zero-order valence-corrected chi connectivity index (χ0v) is 10.5. The number of anilines is 1. The standard InChI is InChI=1S/C13H20N2O2/c1-3-4-8-15(2)13(16)10-17-12-7-5-6-11(14)9-12/h5-7,9H,3-4,8,10,14H2,1-2H3. The number of benzene rings is 1. The fourth-order valence-corrected chi connectivity index (χ4v) is 1.38. The molecule has 0 aliphatic rings. The third-order valence-electron chi connectivity index (χ3n) is 2.49. The maximum absolute atomic E-state index is 11.7. The van der Waals surface area contributed by atoms with Gasteiger partial charge in [-0.05, 0) is 18.6 Å². The van der Waals surface area contributed by atoms with E-state index in [0.29, 0.717) is 11.4 Å². The molecule has 0 saturated carbocycles. The molecule has 0 radical (unpaired) electrons. The lowest BCUT2D eigenvalue weighted by atomic mass is 10.3. The molecule has 2 N–H and O–H groups in total. The van der Waals surface area contributed by atoms with Crippen molar-refractivity contribution in [1.82, 2.24) is 4.90 Å². The Labute approximate surface area is 102 Å². The van der Waals surface area contributed by atoms with E-state index < -0.39 is 0 Å². The van der Waals surface area contributed by atoms with Crippen molar-refractivity contribution in [2.75, 3.05) is 25.9 Å². The van der Waals surface area contributed by atoms with Crippen LogP contribution in [0, 0.1) is 0 Å². The Morgan fingerprint density at radius 2 is 2.24 bits per heavy atom. The minimum atomic E-state index is -0.0131. The van der Waals surface area contributed by atoms with Crippen molar-refractivity contribution in [3.63, 3.8) is 0 Å². The van der Waals surface area contributed by atoms with E-state index in [2.05, 4.69) is 6.92 Å². The molecule has 1 rings (SSSR count). The normalized spacial score (nSPS) is 10.0. The van der Waals surface area contributed by atoms with Crippen molar-refractivity contribution < 1.29 is 9.53 Å². The van der Waals surface area contributed by atoms with Crippen LogP contribution in [0.5, 0.6) is 5.75 Å². The van der Waals surface area contributed by atoms with E-state index in [9.17, 15) is 4.79 Å². The van der Waals surface area contributed by atoms with Crippen molar-refractivity contribution >= 4 is 11.6 Å². The highest BCUT2D eigenvalue weighted by Gasteiger charge is 2.08. The van der Waals surface area contributed by atoms with Gasteiger partial charge < -0.3 is 15.4 Å². The predicted molar refractivity (Wildman–Crippen MR) is 68.9 cm³/mol. The number of nitrogens with zero attached hydrogens (tertiary/aromatic N) is 1. The summed E-state index contributed by atoms with van der Waals surface area (Å²) < 4.78 is 5.38. The monoisotopic (exact) mass is 236 g/mol. The SMILES string of the molecule is CCCCN(C)C(=O)COc1cccc(N)c1. The number of likely N-dealkylation sites (N-methyl/N-ethyl adjacent to an activating group) is 1. The average molecular weight is 236 g/mol. The summed E-state index contributed by atoms with van der Waals surface area (Å²) in [7, 11) is 1.79. The van der Waals surface area contributed by atoms with Crippen LogP contribution in [0.2, 0.25) is 0 Å². The molecule has 0 heterocycles. The van der Waals surface area contributed by atoms with Crippen LogP contribution in [0.4, 0.5) is 5.69 Å². The Morgan fingerprint density at radius 3 is 2.88 bits per heavy atom. The highest BCUT2D eigenvalue weighted by molar-refractivity contribution is 5.77. The maximum atomic E-state index is 11.7.